The van der Waals surface area contributed by atoms with Crippen molar-refractivity contribution in [2.45, 2.75) is 36.7 Å². The molecule has 2 saturated heterocycles. The maximum atomic E-state index is 13.8. The zero-order valence-electron chi connectivity index (χ0n) is 22.7. The lowest BCUT2D eigenvalue weighted by atomic mass is 10.1. The summed E-state index contributed by atoms with van der Waals surface area (Å²) in [4.78, 5) is 44.4. The number of benzene rings is 1. The van der Waals surface area contributed by atoms with E-state index >= 15 is 0 Å². The molecule has 2 N–H and O–H groups in total. The molecule has 0 radical (unpaired) electrons. The Hall–Kier alpha value is -2.55. The van der Waals surface area contributed by atoms with Crippen molar-refractivity contribution in [1.82, 2.24) is 19.8 Å². The molecule has 0 saturated carbocycles. The van der Waals surface area contributed by atoms with E-state index in [2.05, 4.69) is 10.0 Å². The second kappa shape index (κ2) is 13.0. The fourth-order valence-corrected chi connectivity index (χ4v) is 7.40. The lowest BCUT2D eigenvalue weighted by Gasteiger charge is -2.30. The maximum absolute atomic E-state index is 13.8. The molecule has 2 atom stereocenters. The lowest BCUT2D eigenvalue weighted by Crippen LogP contribution is -2.53. The van der Waals surface area contributed by atoms with Gasteiger partial charge in [-0.05, 0) is 56.8 Å². The van der Waals surface area contributed by atoms with Gasteiger partial charge in [-0.1, -0.05) is 24.6 Å². The number of likely N-dealkylation sites (tertiary alicyclic amines) is 1. The first kappa shape index (κ1) is 30.4. The summed E-state index contributed by atoms with van der Waals surface area (Å²) >= 11 is 7.04. The third-order valence-corrected chi connectivity index (χ3v) is 9.88. The number of likely N-dealkylation sites (N-methyl/N-ethyl adjacent to an activating group) is 1. The van der Waals surface area contributed by atoms with Crippen LogP contribution >= 0.6 is 22.9 Å². The number of carbonyl (C=O) groups is 3. The van der Waals surface area contributed by atoms with E-state index in [1.54, 1.807) is 29.2 Å². The Balaban J connectivity index is 1.61. The number of carbonyl (C=O) groups excluding carboxylic acids is 3. The van der Waals surface area contributed by atoms with Crippen LogP contribution in [-0.2, 0) is 30.8 Å². The topological polar surface area (TPSA) is 128 Å². The van der Waals surface area contributed by atoms with Crippen LogP contribution in [0.1, 0.15) is 28.6 Å². The summed E-state index contributed by atoms with van der Waals surface area (Å²) < 4.78 is 35.8. The van der Waals surface area contributed by atoms with Crippen molar-refractivity contribution in [2.24, 2.45) is 0 Å². The predicted octanol–water partition coefficient (Wildman–Crippen LogP) is 1.57. The molecule has 0 bridgehead atoms. The second-order valence-corrected chi connectivity index (χ2v) is 13.3. The minimum atomic E-state index is -4.24. The highest BCUT2D eigenvalue weighted by molar-refractivity contribution is 7.89. The van der Waals surface area contributed by atoms with Crippen LogP contribution in [0.25, 0.3) is 0 Å². The second-order valence-electron chi connectivity index (χ2n) is 9.88. The summed E-state index contributed by atoms with van der Waals surface area (Å²) in [6.07, 6.45) is 1.09. The minimum Gasteiger partial charge on any atom is -0.370 e. The quantitative estimate of drug-likeness (QED) is 0.417. The van der Waals surface area contributed by atoms with Crippen LogP contribution in [-0.4, -0.2) is 102 Å². The average Bonchev–Trinajstić information content (AvgIpc) is 3.60. The Labute approximate surface area is 243 Å². The number of ether oxygens (including phenoxy) is 1. The Morgan fingerprint density at radius 1 is 1.23 bits per heavy atom. The predicted molar refractivity (Wildman–Crippen MR) is 153 cm³/mol. The van der Waals surface area contributed by atoms with Crippen molar-refractivity contribution in [3.63, 3.8) is 0 Å². The van der Waals surface area contributed by atoms with Gasteiger partial charge in [0.1, 0.15) is 12.6 Å². The van der Waals surface area contributed by atoms with Crippen LogP contribution in [0.2, 0.25) is 4.34 Å². The monoisotopic (exact) mass is 611 g/mol. The first-order chi connectivity index (χ1) is 19.0. The number of nitrogens with zero attached hydrogens (tertiary/aromatic N) is 3. The Bertz CT molecular complexity index is 1370. The summed E-state index contributed by atoms with van der Waals surface area (Å²) in [6, 6.07) is 6.81. The summed E-state index contributed by atoms with van der Waals surface area (Å²) in [7, 11) is -0.372. The fraction of sp³-hybridized carbons (Fsp3) is 0.500. The molecule has 1 aromatic carbocycles. The number of hydrogen-bond acceptors (Lipinski definition) is 8. The molecular weight excluding hydrogens is 578 g/mol. The first-order valence-electron chi connectivity index (χ1n) is 13.0. The van der Waals surface area contributed by atoms with E-state index in [1.807, 2.05) is 25.9 Å². The third-order valence-electron chi connectivity index (χ3n) is 7.09. The Kier molecular flexibility index (Phi) is 9.85. The summed E-state index contributed by atoms with van der Waals surface area (Å²) in [6.45, 7) is 3.07. The maximum Gasteiger partial charge on any atom is 0.261 e. The zero-order chi connectivity index (χ0) is 29.0. The van der Waals surface area contributed by atoms with Gasteiger partial charge in [-0.25, -0.2) is 8.42 Å². The van der Waals surface area contributed by atoms with Crippen molar-refractivity contribution in [1.29, 1.82) is 0 Å². The van der Waals surface area contributed by atoms with Crippen molar-refractivity contribution < 1.29 is 27.5 Å². The number of anilines is 1. The molecule has 2 aliphatic rings. The van der Waals surface area contributed by atoms with Gasteiger partial charge in [0.25, 0.3) is 11.8 Å². The van der Waals surface area contributed by atoms with E-state index in [0.29, 0.717) is 53.1 Å². The first-order valence-corrected chi connectivity index (χ1v) is 15.7. The van der Waals surface area contributed by atoms with Crippen LogP contribution < -0.4 is 14.9 Å². The standard InChI is InChI=1S/C26H34ClN5O6S2/c1-4-18-20(32-12-13-38-16-24(32)33)6-5-7-22(18)40(36,37)29-19(14-28-25(34)21-8-9-23(27)39-21)26(35)31-11-10-17(15-31)30(2)3/h5-9,17,19,29H,4,10-16H2,1-3H3,(H,28,34)/t17-,19-/m0/s1. The normalized spacial score (nSPS) is 18.8. The van der Waals surface area contributed by atoms with Crippen molar-refractivity contribution >= 4 is 56.4 Å². The van der Waals surface area contributed by atoms with Crippen LogP contribution in [0.5, 0.6) is 0 Å². The highest BCUT2D eigenvalue weighted by Crippen LogP contribution is 2.29. The van der Waals surface area contributed by atoms with E-state index in [-0.39, 0.29) is 30.0 Å². The lowest BCUT2D eigenvalue weighted by molar-refractivity contribution is -0.132. The number of halogens is 1. The summed E-state index contributed by atoms with van der Waals surface area (Å²) in [5, 5.41) is 2.68. The SMILES string of the molecule is CCc1c(N2CCOCC2=O)cccc1S(=O)(=O)N[C@@H](CNC(=O)c1ccc(Cl)s1)C(=O)N1CC[C@H](N(C)C)C1. The number of hydrogen-bond donors (Lipinski definition) is 2. The molecule has 3 heterocycles. The van der Waals surface area contributed by atoms with E-state index < -0.39 is 27.9 Å². The van der Waals surface area contributed by atoms with Gasteiger partial charge < -0.3 is 24.8 Å². The smallest absolute Gasteiger partial charge is 0.261 e. The molecule has 218 valence electrons. The number of thiophene rings is 1. The largest absolute Gasteiger partial charge is 0.370 e. The molecule has 0 unspecified atom stereocenters. The molecule has 1 aromatic heterocycles. The zero-order valence-corrected chi connectivity index (χ0v) is 25.1. The molecule has 40 heavy (non-hydrogen) atoms. The molecule has 2 aliphatic heterocycles. The average molecular weight is 612 g/mol. The fourth-order valence-electron chi connectivity index (χ4n) is 4.92. The molecule has 11 nitrogen and oxygen atoms in total. The van der Waals surface area contributed by atoms with Gasteiger partial charge in [-0.2, -0.15) is 4.72 Å². The Morgan fingerprint density at radius 3 is 2.62 bits per heavy atom. The number of amides is 3. The molecule has 3 amide bonds. The number of morpholine rings is 1. The van der Waals surface area contributed by atoms with Crippen molar-refractivity contribution in [3.05, 3.63) is 45.1 Å². The highest BCUT2D eigenvalue weighted by Gasteiger charge is 2.35. The molecule has 2 fully saturated rings. The van der Waals surface area contributed by atoms with E-state index in [0.717, 1.165) is 17.8 Å². The van der Waals surface area contributed by atoms with Gasteiger partial charge in [0.15, 0.2) is 0 Å². The Morgan fingerprint density at radius 2 is 2.00 bits per heavy atom. The summed E-state index contributed by atoms with van der Waals surface area (Å²) in [5.41, 5.74) is 0.959. The van der Waals surface area contributed by atoms with Gasteiger partial charge in [-0.15, -0.1) is 11.3 Å². The van der Waals surface area contributed by atoms with E-state index in [9.17, 15) is 22.8 Å². The van der Waals surface area contributed by atoms with Gasteiger partial charge in [0.05, 0.1) is 20.7 Å². The molecule has 2 aromatic rings. The van der Waals surface area contributed by atoms with Crippen LogP contribution in [0, 0.1) is 0 Å². The van der Waals surface area contributed by atoms with E-state index in [4.69, 9.17) is 16.3 Å². The molecular formula is C26H34ClN5O6S2. The molecule has 0 spiro atoms. The molecule has 0 aliphatic carbocycles. The van der Waals surface area contributed by atoms with Crippen LogP contribution in [0.3, 0.4) is 0 Å². The van der Waals surface area contributed by atoms with Crippen LogP contribution in [0.15, 0.2) is 35.2 Å². The van der Waals surface area contributed by atoms with Gasteiger partial charge >= 0.3 is 0 Å². The van der Waals surface area contributed by atoms with Crippen LogP contribution in [0.4, 0.5) is 5.69 Å². The van der Waals surface area contributed by atoms with E-state index in [1.165, 1.54) is 11.0 Å². The number of nitrogens with one attached hydrogen (secondary N) is 2. The van der Waals surface area contributed by atoms with Gasteiger partial charge in [0.2, 0.25) is 15.9 Å². The highest BCUT2D eigenvalue weighted by atomic mass is 35.5. The molecule has 14 heteroatoms. The van der Waals surface area contributed by atoms with Gasteiger partial charge in [-0.3, -0.25) is 14.4 Å². The number of rotatable bonds is 10. The molecule has 4 rings (SSSR count). The van der Waals surface area contributed by atoms with Gasteiger partial charge in [0, 0.05) is 37.9 Å². The van der Waals surface area contributed by atoms with Crippen molar-refractivity contribution in [3.8, 4) is 0 Å². The minimum absolute atomic E-state index is 0.0199. The number of sulfonamides is 1. The third kappa shape index (κ3) is 6.84. The summed E-state index contributed by atoms with van der Waals surface area (Å²) in [5.74, 6) is -1.13. The van der Waals surface area contributed by atoms with Crippen molar-refractivity contribution in [2.75, 3.05) is 58.4 Å².